The molecule has 2 aromatic carbocycles. The molecule has 3 rings (SSSR count). The van der Waals surface area contributed by atoms with E-state index >= 15 is 0 Å². The van der Waals surface area contributed by atoms with Crippen molar-refractivity contribution in [2.75, 3.05) is 11.9 Å². The van der Waals surface area contributed by atoms with Crippen LogP contribution in [0, 0.1) is 5.82 Å². The fourth-order valence-corrected chi connectivity index (χ4v) is 2.63. The summed E-state index contributed by atoms with van der Waals surface area (Å²) in [5.74, 6) is -1.54. The van der Waals surface area contributed by atoms with Gasteiger partial charge in [0, 0.05) is 17.7 Å². The Morgan fingerprint density at radius 2 is 1.92 bits per heavy atom. The smallest absolute Gasteiger partial charge is 0.310 e. The predicted molar refractivity (Wildman–Crippen MR) is 88.8 cm³/mol. The van der Waals surface area contributed by atoms with E-state index in [4.69, 9.17) is 4.74 Å². The minimum Gasteiger partial charge on any atom is -0.457 e. The highest BCUT2D eigenvalue weighted by Gasteiger charge is 2.17. The Morgan fingerprint density at radius 3 is 2.72 bits per heavy atom. The molecule has 0 bridgehead atoms. The first-order chi connectivity index (χ1) is 12.0. The number of anilines is 1. The summed E-state index contributed by atoms with van der Waals surface area (Å²) in [6.07, 6.45) is 0.716. The van der Waals surface area contributed by atoms with E-state index in [1.165, 1.54) is 18.2 Å². The van der Waals surface area contributed by atoms with Gasteiger partial charge in [-0.1, -0.05) is 18.2 Å². The third kappa shape index (κ3) is 4.09. The number of nitrogens with one attached hydrogen (secondary N) is 1. The fourth-order valence-electron chi connectivity index (χ4n) is 2.63. The minimum atomic E-state index is -0.663. The van der Waals surface area contributed by atoms with Gasteiger partial charge in [0.1, 0.15) is 5.82 Å². The van der Waals surface area contributed by atoms with Gasteiger partial charge in [-0.15, -0.1) is 0 Å². The van der Waals surface area contributed by atoms with Gasteiger partial charge in [0.05, 0.1) is 6.42 Å². The van der Waals surface area contributed by atoms with E-state index in [-0.39, 0.29) is 23.7 Å². The number of halogens is 1. The Labute approximate surface area is 143 Å². The van der Waals surface area contributed by atoms with Gasteiger partial charge in [-0.05, 0) is 41.8 Å². The molecular weight excluding hydrogens is 325 g/mol. The average Bonchev–Trinajstić information content (AvgIpc) is 2.61. The zero-order chi connectivity index (χ0) is 17.8. The van der Waals surface area contributed by atoms with Crippen LogP contribution in [0.4, 0.5) is 10.1 Å². The van der Waals surface area contributed by atoms with Crippen LogP contribution < -0.4 is 5.32 Å². The van der Waals surface area contributed by atoms with E-state index in [2.05, 4.69) is 5.32 Å². The van der Waals surface area contributed by atoms with Gasteiger partial charge < -0.3 is 10.1 Å². The number of ether oxygens (including phenoxy) is 1. The van der Waals surface area contributed by atoms with Crippen molar-refractivity contribution in [1.29, 1.82) is 0 Å². The van der Waals surface area contributed by atoms with Crippen LogP contribution in [0.15, 0.2) is 42.5 Å². The van der Waals surface area contributed by atoms with Crippen LogP contribution in [-0.4, -0.2) is 24.3 Å². The molecule has 1 amide bonds. The van der Waals surface area contributed by atoms with Crippen LogP contribution in [0.25, 0.3) is 0 Å². The van der Waals surface area contributed by atoms with Gasteiger partial charge in [0.2, 0.25) is 5.91 Å². The summed E-state index contributed by atoms with van der Waals surface area (Å²) >= 11 is 0. The van der Waals surface area contributed by atoms with Crippen molar-refractivity contribution in [3.8, 4) is 0 Å². The minimum absolute atomic E-state index is 0.0475. The van der Waals surface area contributed by atoms with Crippen molar-refractivity contribution in [2.45, 2.75) is 19.3 Å². The second kappa shape index (κ2) is 7.25. The van der Waals surface area contributed by atoms with E-state index in [1.807, 2.05) is 0 Å². The van der Waals surface area contributed by atoms with Crippen LogP contribution in [0.2, 0.25) is 0 Å². The molecule has 6 heteroatoms. The van der Waals surface area contributed by atoms with E-state index < -0.39 is 18.4 Å². The maximum atomic E-state index is 13.5. The summed E-state index contributed by atoms with van der Waals surface area (Å²) in [6, 6.07) is 10.9. The van der Waals surface area contributed by atoms with Crippen molar-refractivity contribution in [3.63, 3.8) is 0 Å². The van der Waals surface area contributed by atoms with Crippen LogP contribution in [0.5, 0.6) is 0 Å². The summed E-state index contributed by atoms with van der Waals surface area (Å²) in [5.41, 5.74) is 2.21. The molecule has 0 unspecified atom stereocenters. The molecule has 0 aliphatic carbocycles. The number of carbonyl (C=O) groups is 3. The third-order valence-corrected chi connectivity index (χ3v) is 3.98. The van der Waals surface area contributed by atoms with E-state index in [0.29, 0.717) is 24.1 Å². The van der Waals surface area contributed by atoms with Gasteiger partial charge in [0.15, 0.2) is 12.4 Å². The SMILES string of the molecule is O=C1CCc2cc(C(=O)COC(=O)Cc3ccccc3F)ccc2N1. The highest BCUT2D eigenvalue weighted by molar-refractivity contribution is 6.00. The Hall–Kier alpha value is -3.02. The number of amides is 1. The number of aryl methyl sites for hydroxylation is 1. The Kier molecular flexibility index (Phi) is 4.88. The van der Waals surface area contributed by atoms with Crippen molar-refractivity contribution in [1.82, 2.24) is 0 Å². The van der Waals surface area contributed by atoms with Crippen LogP contribution in [0.1, 0.15) is 27.9 Å². The molecule has 5 nitrogen and oxygen atoms in total. The molecule has 2 aromatic rings. The predicted octanol–water partition coefficient (Wildman–Crippen LogP) is 2.68. The van der Waals surface area contributed by atoms with Crippen molar-refractivity contribution in [2.24, 2.45) is 0 Å². The molecule has 1 aliphatic heterocycles. The van der Waals surface area contributed by atoms with E-state index in [9.17, 15) is 18.8 Å². The summed E-state index contributed by atoms with van der Waals surface area (Å²) in [7, 11) is 0. The lowest BCUT2D eigenvalue weighted by atomic mass is 9.99. The van der Waals surface area contributed by atoms with Gasteiger partial charge in [-0.2, -0.15) is 0 Å². The maximum absolute atomic E-state index is 13.5. The molecule has 0 fully saturated rings. The number of benzene rings is 2. The molecule has 0 aromatic heterocycles. The number of Topliss-reactive ketones (excluding diaryl/α,β-unsaturated/α-hetero) is 1. The van der Waals surface area contributed by atoms with Gasteiger partial charge >= 0.3 is 5.97 Å². The van der Waals surface area contributed by atoms with Gasteiger partial charge in [-0.3, -0.25) is 14.4 Å². The topological polar surface area (TPSA) is 72.5 Å². The highest BCUT2D eigenvalue weighted by atomic mass is 19.1. The number of ketones is 1. The normalized spacial score (nSPS) is 12.9. The second-order valence-electron chi connectivity index (χ2n) is 5.77. The maximum Gasteiger partial charge on any atom is 0.310 e. The van der Waals surface area contributed by atoms with Crippen molar-refractivity contribution >= 4 is 23.3 Å². The van der Waals surface area contributed by atoms with E-state index in [0.717, 1.165) is 5.56 Å². The summed E-state index contributed by atoms with van der Waals surface area (Å²) < 4.78 is 18.5. The largest absolute Gasteiger partial charge is 0.457 e. The lowest BCUT2D eigenvalue weighted by Crippen LogP contribution is -2.20. The average molecular weight is 341 g/mol. The van der Waals surface area contributed by atoms with Gasteiger partial charge in [-0.25, -0.2) is 4.39 Å². The molecule has 0 saturated heterocycles. The zero-order valence-corrected chi connectivity index (χ0v) is 13.4. The summed E-state index contributed by atoms with van der Waals surface area (Å²) in [6.45, 7) is -0.404. The first-order valence-corrected chi connectivity index (χ1v) is 7.88. The first kappa shape index (κ1) is 16.8. The monoisotopic (exact) mass is 341 g/mol. The molecule has 1 aliphatic rings. The van der Waals surface area contributed by atoms with Gasteiger partial charge in [0.25, 0.3) is 0 Å². The highest BCUT2D eigenvalue weighted by Crippen LogP contribution is 2.23. The summed E-state index contributed by atoms with van der Waals surface area (Å²) in [4.78, 5) is 35.3. The van der Waals surface area contributed by atoms with E-state index in [1.54, 1.807) is 24.3 Å². The Morgan fingerprint density at radius 1 is 1.12 bits per heavy atom. The molecule has 128 valence electrons. The molecular formula is C19H16FNO4. The third-order valence-electron chi connectivity index (χ3n) is 3.98. The number of rotatable bonds is 5. The molecule has 0 radical (unpaired) electrons. The first-order valence-electron chi connectivity index (χ1n) is 7.88. The second-order valence-corrected chi connectivity index (χ2v) is 5.77. The zero-order valence-electron chi connectivity index (χ0n) is 13.4. The Balaban J connectivity index is 1.58. The molecule has 25 heavy (non-hydrogen) atoms. The fraction of sp³-hybridized carbons (Fsp3) is 0.211. The Bertz CT molecular complexity index is 847. The van der Waals surface area contributed by atoms with Crippen LogP contribution in [-0.2, 0) is 27.2 Å². The number of fused-ring (bicyclic) bond motifs is 1. The quantitative estimate of drug-likeness (QED) is 0.670. The van der Waals surface area contributed by atoms with Crippen molar-refractivity contribution < 1.29 is 23.5 Å². The number of hydrogen-bond acceptors (Lipinski definition) is 4. The molecule has 0 spiro atoms. The van der Waals surface area contributed by atoms with Crippen LogP contribution in [0.3, 0.4) is 0 Å². The molecule has 0 saturated carbocycles. The lowest BCUT2D eigenvalue weighted by molar-refractivity contribution is -0.141. The molecule has 1 N–H and O–H groups in total. The van der Waals surface area contributed by atoms with Crippen LogP contribution >= 0.6 is 0 Å². The molecule has 0 atom stereocenters. The summed E-state index contributed by atoms with van der Waals surface area (Å²) in [5, 5.41) is 2.74. The number of hydrogen-bond donors (Lipinski definition) is 1. The molecule has 1 heterocycles. The lowest BCUT2D eigenvalue weighted by Gasteiger charge is -2.17. The number of esters is 1. The van der Waals surface area contributed by atoms with Crippen molar-refractivity contribution in [3.05, 3.63) is 65.0 Å². The standard InChI is InChI=1S/C19H16FNO4/c20-15-4-2-1-3-12(15)10-19(24)25-11-17(22)14-5-7-16-13(9-14)6-8-18(23)21-16/h1-5,7,9H,6,8,10-11H2,(H,21,23). The number of carbonyl (C=O) groups excluding carboxylic acids is 3.